The first-order valence-corrected chi connectivity index (χ1v) is 5.26. The Morgan fingerprint density at radius 3 is 2.09 bits per heavy atom. The summed E-state index contributed by atoms with van der Waals surface area (Å²) in [5.41, 5.74) is 0.733. The number of rotatable bonds is 0. The van der Waals surface area contributed by atoms with E-state index in [-0.39, 0.29) is 0 Å². The molecular weight excluding hydrogens is 132 g/mol. The second-order valence-electron chi connectivity index (χ2n) is 4.37. The molecule has 63 valence electrons. The van der Waals surface area contributed by atoms with E-state index in [4.69, 9.17) is 0 Å². The molecule has 1 spiro atoms. The average Bonchev–Trinajstić information content (AvgIpc) is 2.32. The van der Waals surface area contributed by atoms with Crippen molar-refractivity contribution in [2.24, 2.45) is 5.41 Å². The summed E-state index contributed by atoms with van der Waals surface area (Å²) in [6, 6.07) is 0. The summed E-state index contributed by atoms with van der Waals surface area (Å²) in [5.74, 6) is 0. The van der Waals surface area contributed by atoms with E-state index in [1.165, 1.54) is 57.8 Å². The van der Waals surface area contributed by atoms with Crippen molar-refractivity contribution in [2.75, 3.05) is 0 Å². The Kier molecular flexibility index (Phi) is 2.20. The third-order valence-corrected chi connectivity index (χ3v) is 3.56. The fourth-order valence-corrected chi connectivity index (χ4v) is 2.84. The van der Waals surface area contributed by atoms with Crippen LogP contribution in [0.1, 0.15) is 57.8 Å². The normalized spacial score (nSPS) is 30.5. The fourth-order valence-electron chi connectivity index (χ4n) is 2.84. The van der Waals surface area contributed by atoms with Crippen molar-refractivity contribution in [3.8, 4) is 0 Å². The monoisotopic (exact) mass is 151 g/mol. The maximum absolute atomic E-state index is 2.66. The Bertz CT molecular complexity index is 110. The van der Waals surface area contributed by atoms with Crippen LogP contribution < -0.4 is 0 Å². The molecule has 0 unspecified atom stereocenters. The molecule has 2 rings (SSSR count). The predicted octanol–water partition coefficient (Wildman–Crippen LogP) is 3.72. The summed E-state index contributed by atoms with van der Waals surface area (Å²) < 4.78 is 0. The maximum Gasteiger partial charge on any atom is -0.0266 e. The van der Waals surface area contributed by atoms with E-state index in [0.717, 1.165) is 5.41 Å². The molecule has 0 amide bonds. The zero-order valence-electron chi connectivity index (χ0n) is 7.44. The highest BCUT2D eigenvalue weighted by molar-refractivity contribution is 4.96. The van der Waals surface area contributed by atoms with Crippen molar-refractivity contribution in [1.82, 2.24) is 0 Å². The molecule has 0 nitrogen and oxygen atoms in total. The van der Waals surface area contributed by atoms with Gasteiger partial charge in [-0.3, -0.25) is 0 Å². The standard InChI is InChI=1S/C11H19/c1-2-4-8-11(7-3-1)9-5-6-10-11/h7H,1-6,8-10H2. The summed E-state index contributed by atoms with van der Waals surface area (Å²) in [6.45, 7) is 0. The minimum absolute atomic E-state index is 0.733. The molecule has 0 bridgehead atoms. The summed E-state index contributed by atoms with van der Waals surface area (Å²) >= 11 is 0. The molecule has 0 saturated heterocycles. The van der Waals surface area contributed by atoms with Gasteiger partial charge in [-0.15, -0.1) is 0 Å². The van der Waals surface area contributed by atoms with Gasteiger partial charge < -0.3 is 0 Å². The van der Waals surface area contributed by atoms with Gasteiger partial charge in [0.05, 0.1) is 0 Å². The van der Waals surface area contributed by atoms with Crippen molar-refractivity contribution in [1.29, 1.82) is 0 Å². The molecule has 0 heteroatoms. The smallest absolute Gasteiger partial charge is 0.0266 e. The van der Waals surface area contributed by atoms with Crippen molar-refractivity contribution in [3.63, 3.8) is 0 Å². The Labute approximate surface area is 70.4 Å². The summed E-state index contributed by atoms with van der Waals surface area (Å²) in [4.78, 5) is 0. The van der Waals surface area contributed by atoms with Crippen molar-refractivity contribution in [2.45, 2.75) is 57.8 Å². The summed E-state index contributed by atoms with van der Waals surface area (Å²) in [7, 11) is 0. The lowest BCUT2D eigenvalue weighted by atomic mass is 9.79. The molecule has 1 radical (unpaired) electrons. The van der Waals surface area contributed by atoms with Crippen LogP contribution in [0.5, 0.6) is 0 Å². The molecule has 11 heavy (non-hydrogen) atoms. The van der Waals surface area contributed by atoms with Crippen LogP contribution in [-0.4, -0.2) is 0 Å². The van der Waals surface area contributed by atoms with Crippen LogP contribution in [-0.2, 0) is 0 Å². The van der Waals surface area contributed by atoms with Crippen LogP contribution in [0, 0.1) is 11.8 Å². The molecule has 2 aliphatic rings. The minimum atomic E-state index is 0.733. The van der Waals surface area contributed by atoms with Crippen LogP contribution in [0.2, 0.25) is 0 Å². The van der Waals surface area contributed by atoms with E-state index in [2.05, 4.69) is 6.42 Å². The third-order valence-electron chi connectivity index (χ3n) is 3.56. The third kappa shape index (κ3) is 1.60. The van der Waals surface area contributed by atoms with Gasteiger partial charge in [0.25, 0.3) is 0 Å². The van der Waals surface area contributed by atoms with Crippen molar-refractivity contribution >= 4 is 0 Å². The van der Waals surface area contributed by atoms with Crippen LogP contribution in [0.3, 0.4) is 0 Å². The van der Waals surface area contributed by atoms with Crippen LogP contribution in [0.15, 0.2) is 0 Å². The van der Waals surface area contributed by atoms with Gasteiger partial charge >= 0.3 is 0 Å². The molecule has 2 aliphatic carbocycles. The number of hydrogen-bond acceptors (Lipinski definition) is 0. The molecule has 2 fully saturated rings. The Morgan fingerprint density at radius 1 is 0.727 bits per heavy atom. The molecule has 0 aromatic heterocycles. The lowest BCUT2D eigenvalue weighted by Crippen LogP contribution is -2.15. The first-order chi connectivity index (χ1) is 5.41. The average molecular weight is 151 g/mol. The Morgan fingerprint density at radius 2 is 1.36 bits per heavy atom. The first kappa shape index (κ1) is 7.64. The van der Waals surface area contributed by atoms with Gasteiger partial charge in [0.15, 0.2) is 0 Å². The molecule has 0 heterocycles. The summed E-state index contributed by atoms with van der Waals surface area (Å²) in [5, 5.41) is 0. The zero-order valence-corrected chi connectivity index (χ0v) is 7.44. The lowest BCUT2D eigenvalue weighted by Gasteiger charge is -2.26. The molecule has 0 aromatic carbocycles. The SMILES string of the molecule is [CH]1CCCCCC12CCCC2. The fraction of sp³-hybridized carbons (Fsp3) is 0.909. The second kappa shape index (κ2) is 3.16. The highest BCUT2D eigenvalue weighted by Crippen LogP contribution is 2.47. The van der Waals surface area contributed by atoms with Crippen LogP contribution in [0.4, 0.5) is 0 Å². The van der Waals surface area contributed by atoms with Crippen molar-refractivity contribution in [3.05, 3.63) is 6.42 Å². The lowest BCUT2D eigenvalue weighted by molar-refractivity contribution is 0.327. The molecule has 0 atom stereocenters. The highest BCUT2D eigenvalue weighted by atomic mass is 14.4. The zero-order chi connectivity index (χ0) is 7.57. The second-order valence-corrected chi connectivity index (χ2v) is 4.37. The molecule has 0 N–H and O–H groups in total. The van der Waals surface area contributed by atoms with E-state index in [1.54, 1.807) is 0 Å². The molecular formula is C11H19. The molecule has 0 aliphatic heterocycles. The molecule has 2 saturated carbocycles. The van der Waals surface area contributed by atoms with Gasteiger partial charge in [0, 0.05) is 0 Å². The first-order valence-electron chi connectivity index (χ1n) is 5.26. The highest BCUT2D eigenvalue weighted by Gasteiger charge is 2.33. The number of hydrogen-bond donors (Lipinski definition) is 0. The van der Waals surface area contributed by atoms with Crippen LogP contribution >= 0.6 is 0 Å². The Balaban J connectivity index is 1.97. The summed E-state index contributed by atoms with van der Waals surface area (Å²) in [6.07, 6.45) is 16.0. The Hall–Kier alpha value is 0. The quantitative estimate of drug-likeness (QED) is 0.495. The largest absolute Gasteiger partial charge is 0.0533 e. The van der Waals surface area contributed by atoms with Gasteiger partial charge in [-0.2, -0.15) is 0 Å². The van der Waals surface area contributed by atoms with Gasteiger partial charge in [-0.1, -0.05) is 32.1 Å². The van der Waals surface area contributed by atoms with E-state index >= 15 is 0 Å². The van der Waals surface area contributed by atoms with Gasteiger partial charge in [0.2, 0.25) is 0 Å². The maximum atomic E-state index is 2.66. The predicted molar refractivity (Wildman–Crippen MR) is 48.3 cm³/mol. The van der Waals surface area contributed by atoms with E-state index in [9.17, 15) is 0 Å². The van der Waals surface area contributed by atoms with E-state index in [1.807, 2.05) is 0 Å². The van der Waals surface area contributed by atoms with Crippen molar-refractivity contribution < 1.29 is 0 Å². The van der Waals surface area contributed by atoms with E-state index < -0.39 is 0 Å². The minimum Gasteiger partial charge on any atom is -0.0533 e. The van der Waals surface area contributed by atoms with Gasteiger partial charge in [0.1, 0.15) is 0 Å². The topological polar surface area (TPSA) is 0 Å². The van der Waals surface area contributed by atoms with Crippen LogP contribution in [0.25, 0.3) is 0 Å². The molecule has 0 aromatic rings. The van der Waals surface area contributed by atoms with Gasteiger partial charge in [-0.25, -0.2) is 0 Å². The van der Waals surface area contributed by atoms with E-state index in [0.29, 0.717) is 0 Å². The van der Waals surface area contributed by atoms with Gasteiger partial charge in [-0.05, 0) is 37.5 Å².